The Morgan fingerprint density at radius 1 is 0.474 bits per heavy atom. The first-order valence-corrected chi connectivity index (χ1v) is 20.5. The van der Waals surface area contributed by atoms with Gasteiger partial charge in [-0.1, -0.05) is 113 Å². The molecule has 0 radical (unpaired) electrons. The van der Waals surface area contributed by atoms with E-state index in [2.05, 4.69) is 210 Å². The Hall–Kier alpha value is -5.23. The number of benzene rings is 5. The number of rotatable bonds is 5. The summed E-state index contributed by atoms with van der Waals surface area (Å²) < 4.78 is 10.5. The van der Waals surface area contributed by atoms with Gasteiger partial charge in [-0.05, 0) is 86.4 Å². The van der Waals surface area contributed by atoms with E-state index < -0.39 is 0 Å². The maximum atomic E-state index is 6.86. The summed E-state index contributed by atoms with van der Waals surface area (Å²) in [6.07, 6.45) is 1.94. The van der Waals surface area contributed by atoms with E-state index in [1.54, 1.807) is 0 Å². The summed E-state index contributed by atoms with van der Waals surface area (Å²) in [5, 5.41) is 2.40. The molecule has 9 rings (SSSR count). The number of quaternary nitrogens is 2. The SMILES string of the molecule is CC(C)(C)c1cccc([N@+]23[CH-][N+]2(c2cccc(Oc4ccc5c6cc(C(C)(C)C)ccc6n(-c6cc(C(C)(C)C)ccn6)c5c4)c2)c2cc(C(C)(C)C)ccc23)c1. The molecule has 0 spiro atoms. The first-order valence-electron chi connectivity index (χ1n) is 20.5. The smallest absolute Gasteiger partial charge is 0.225 e. The molecule has 1 unspecified atom stereocenters. The van der Waals surface area contributed by atoms with Crippen molar-refractivity contribution < 1.29 is 4.74 Å². The van der Waals surface area contributed by atoms with Crippen LogP contribution in [0.15, 0.2) is 121 Å². The Kier molecular flexibility index (Phi) is 7.96. The zero-order valence-corrected chi connectivity index (χ0v) is 35.8. The van der Waals surface area contributed by atoms with Gasteiger partial charge in [0.05, 0.1) is 11.0 Å². The molecule has 57 heavy (non-hydrogen) atoms. The van der Waals surface area contributed by atoms with Crippen molar-refractivity contribution in [3.63, 3.8) is 0 Å². The highest BCUT2D eigenvalue weighted by atomic mass is 16.5. The van der Waals surface area contributed by atoms with Gasteiger partial charge in [0.25, 0.3) is 0 Å². The second kappa shape index (κ2) is 12.1. The van der Waals surface area contributed by atoms with Gasteiger partial charge in [0, 0.05) is 59.4 Å². The summed E-state index contributed by atoms with van der Waals surface area (Å²) in [6.45, 7) is 29.8. The summed E-state index contributed by atoms with van der Waals surface area (Å²) in [4.78, 5) is 4.94. The lowest BCUT2D eigenvalue weighted by molar-refractivity contribution is 0.421. The van der Waals surface area contributed by atoms with Crippen LogP contribution in [0.25, 0.3) is 27.6 Å². The molecule has 0 amide bonds. The molecule has 0 N–H and O–H groups in total. The van der Waals surface area contributed by atoms with Crippen LogP contribution in [0, 0.1) is 6.67 Å². The largest absolute Gasteiger partial charge is 0.457 e. The summed E-state index contributed by atoms with van der Waals surface area (Å²) in [6, 6.07) is 42.8. The van der Waals surface area contributed by atoms with Crippen molar-refractivity contribution in [2.24, 2.45) is 0 Å². The van der Waals surface area contributed by atoms with Crippen molar-refractivity contribution in [3.8, 4) is 17.3 Å². The molecule has 7 aromatic rings. The lowest BCUT2D eigenvalue weighted by Crippen LogP contribution is -2.46. The quantitative estimate of drug-likeness (QED) is 0.0994. The molecule has 1 saturated heterocycles. The lowest BCUT2D eigenvalue weighted by Gasteiger charge is -2.41. The zero-order valence-electron chi connectivity index (χ0n) is 35.8. The van der Waals surface area contributed by atoms with Crippen molar-refractivity contribution in [1.29, 1.82) is 0 Å². The number of aromatic nitrogens is 2. The van der Waals surface area contributed by atoms with Crippen molar-refractivity contribution >= 4 is 44.6 Å². The molecule has 0 bridgehead atoms. The van der Waals surface area contributed by atoms with Gasteiger partial charge in [0.2, 0.25) is 11.4 Å². The van der Waals surface area contributed by atoms with Crippen LogP contribution in [0.2, 0.25) is 0 Å². The van der Waals surface area contributed by atoms with Gasteiger partial charge in [0.15, 0.2) is 18.0 Å². The van der Waals surface area contributed by atoms with E-state index in [0.717, 1.165) is 28.4 Å². The Labute approximate surface area is 339 Å². The van der Waals surface area contributed by atoms with E-state index in [4.69, 9.17) is 9.72 Å². The molecule has 5 heteroatoms. The summed E-state index contributed by atoms with van der Waals surface area (Å²) in [5.74, 6) is 2.51. The molecule has 0 aliphatic carbocycles. The minimum Gasteiger partial charge on any atom is -0.457 e. The fourth-order valence-electron chi connectivity index (χ4n) is 8.83. The topological polar surface area (TPSA) is 27.1 Å². The van der Waals surface area contributed by atoms with Crippen LogP contribution >= 0.6 is 0 Å². The van der Waals surface area contributed by atoms with E-state index in [-0.39, 0.29) is 21.7 Å². The van der Waals surface area contributed by atoms with Gasteiger partial charge in [-0.15, -0.1) is 0 Å². The Bertz CT molecular complexity index is 2750. The van der Waals surface area contributed by atoms with Crippen LogP contribution in [-0.2, 0) is 21.7 Å². The molecular weight excluding hydrogens is 697 g/mol. The molecule has 2 atom stereocenters. The minimum absolute atomic E-state index is 0.00685. The van der Waals surface area contributed by atoms with E-state index in [1.807, 2.05) is 6.20 Å². The number of pyridine rings is 1. The molecule has 290 valence electrons. The highest BCUT2D eigenvalue weighted by Crippen LogP contribution is 2.75. The van der Waals surface area contributed by atoms with Gasteiger partial charge >= 0.3 is 0 Å². The average Bonchev–Trinajstić information content (AvgIpc) is 3.64. The van der Waals surface area contributed by atoms with Gasteiger partial charge < -0.3 is 4.74 Å². The van der Waals surface area contributed by atoms with E-state index in [1.165, 1.54) is 55.8 Å². The zero-order chi connectivity index (χ0) is 40.5. The molecular formula is C52H57N4O+. The average molecular weight is 754 g/mol. The first-order chi connectivity index (χ1) is 26.7. The Morgan fingerprint density at radius 3 is 1.75 bits per heavy atom. The van der Waals surface area contributed by atoms with Crippen molar-refractivity contribution in [3.05, 3.63) is 150 Å². The predicted octanol–water partition coefficient (Wildman–Crippen LogP) is 14.5. The standard InChI is InChI=1S/C52H57N4O/c1-49(2,3)34-15-13-16-38(27-34)55-33-56(55,47-29-36(51(7,8)9)20-24-46(47)55)39-17-14-18-40(31-39)57-41-21-22-42-43-28-35(50(4,5)6)19-23-44(43)54(45(42)32-41)48-30-37(25-26-53-48)52(10,11)12/h13-33H,1-12H3/q+1/t55-,56?/m0/s1. The van der Waals surface area contributed by atoms with Crippen molar-refractivity contribution in [2.75, 3.05) is 0 Å². The van der Waals surface area contributed by atoms with E-state index >= 15 is 0 Å². The van der Waals surface area contributed by atoms with Gasteiger partial charge in [0.1, 0.15) is 17.3 Å². The third-order valence-electron chi connectivity index (χ3n) is 12.4. The maximum Gasteiger partial charge on any atom is 0.225 e. The number of nitrogens with zero attached hydrogens (tertiary/aromatic N) is 4. The third kappa shape index (κ3) is 5.76. The van der Waals surface area contributed by atoms with Crippen molar-refractivity contribution in [2.45, 2.75) is 105 Å². The lowest BCUT2D eigenvalue weighted by atomic mass is 9.85. The highest BCUT2D eigenvalue weighted by Gasteiger charge is 2.78. The van der Waals surface area contributed by atoms with Gasteiger partial charge in [-0.25, -0.2) is 4.98 Å². The van der Waals surface area contributed by atoms with Crippen LogP contribution in [0.3, 0.4) is 0 Å². The monoisotopic (exact) mass is 753 g/mol. The van der Waals surface area contributed by atoms with E-state index in [0.29, 0.717) is 9.18 Å². The van der Waals surface area contributed by atoms with Crippen LogP contribution in [-0.4, -0.2) is 9.55 Å². The van der Waals surface area contributed by atoms with Crippen LogP contribution < -0.4 is 13.9 Å². The molecule has 0 saturated carbocycles. The van der Waals surface area contributed by atoms with Gasteiger partial charge in [-0.2, -0.15) is 9.18 Å². The number of hydrogen-bond donors (Lipinski definition) is 0. The van der Waals surface area contributed by atoms with Crippen LogP contribution in [0.5, 0.6) is 11.5 Å². The minimum atomic E-state index is -0.00685. The fourth-order valence-corrected chi connectivity index (χ4v) is 8.83. The number of ether oxygens (including phenoxy) is 1. The highest BCUT2D eigenvalue weighted by molar-refractivity contribution is 6.10. The maximum absolute atomic E-state index is 6.86. The predicted molar refractivity (Wildman–Crippen MR) is 240 cm³/mol. The molecule has 2 aromatic heterocycles. The Morgan fingerprint density at radius 2 is 1.05 bits per heavy atom. The summed E-state index contributed by atoms with van der Waals surface area (Å²) >= 11 is 0. The van der Waals surface area contributed by atoms with Crippen LogP contribution in [0.4, 0.5) is 22.7 Å². The molecule has 4 heterocycles. The Balaban J connectivity index is 1.16. The summed E-state index contributed by atoms with van der Waals surface area (Å²) in [5.41, 5.74) is 12.7. The molecule has 5 aromatic carbocycles. The molecule has 2 aliphatic heterocycles. The second-order valence-corrected chi connectivity index (χ2v) is 20.5. The first kappa shape index (κ1) is 37.4. The molecule has 5 nitrogen and oxygen atoms in total. The molecule has 1 fully saturated rings. The van der Waals surface area contributed by atoms with E-state index in [9.17, 15) is 0 Å². The fraction of sp³-hybridized carbons (Fsp3) is 0.308. The second-order valence-electron chi connectivity index (χ2n) is 20.5. The summed E-state index contributed by atoms with van der Waals surface area (Å²) in [7, 11) is 0. The van der Waals surface area contributed by atoms with Crippen molar-refractivity contribution in [1.82, 2.24) is 18.7 Å². The van der Waals surface area contributed by atoms with Gasteiger partial charge in [-0.3, -0.25) is 4.57 Å². The molecule has 2 aliphatic rings. The number of fused-ring (bicyclic) bond motifs is 7. The third-order valence-corrected chi connectivity index (χ3v) is 12.4. The normalized spacial score (nSPS) is 19.3. The number of hydrogen-bond acceptors (Lipinski definition) is 2. The van der Waals surface area contributed by atoms with Crippen LogP contribution in [0.1, 0.15) is 105 Å².